The Hall–Kier alpha value is -1.34. The third kappa shape index (κ3) is 7.91. The summed E-state index contributed by atoms with van der Waals surface area (Å²) in [5.41, 5.74) is 0.804. The molecule has 1 heterocycles. The number of aliphatic hydroxyl groups excluding tert-OH is 1. The lowest BCUT2D eigenvalue weighted by Gasteiger charge is -2.14. The molecule has 7 heteroatoms. The standard InChI is InChI=1S/C19H30ClN3O3/c1-2-21-19(22-9-3-10-25-13-15-8-11-26-14-15)23-12-18(24)16-4-6-17(20)7-5-16/h4-7,15,18,24H,2-3,8-14H2,1H3,(H2,21,22,23). The molecule has 26 heavy (non-hydrogen) atoms. The van der Waals surface area contributed by atoms with Crippen LogP contribution in [0.1, 0.15) is 31.4 Å². The van der Waals surface area contributed by atoms with Crippen LogP contribution >= 0.6 is 11.6 Å². The second kappa shape index (κ2) is 12.1. The maximum absolute atomic E-state index is 10.2. The van der Waals surface area contributed by atoms with E-state index in [9.17, 15) is 5.11 Å². The predicted octanol–water partition coefficient (Wildman–Crippen LogP) is 2.37. The Morgan fingerprint density at radius 3 is 2.88 bits per heavy atom. The highest BCUT2D eigenvalue weighted by molar-refractivity contribution is 6.30. The van der Waals surface area contributed by atoms with Crippen LogP contribution in [0.5, 0.6) is 0 Å². The Balaban J connectivity index is 1.65. The Kier molecular flexibility index (Phi) is 9.77. The second-order valence-corrected chi connectivity index (χ2v) is 6.81. The minimum absolute atomic E-state index is 0.287. The van der Waals surface area contributed by atoms with Gasteiger partial charge in [0.05, 0.1) is 25.9 Å². The molecule has 0 aliphatic carbocycles. The van der Waals surface area contributed by atoms with E-state index in [0.717, 1.165) is 57.9 Å². The van der Waals surface area contributed by atoms with Gasteiger partial charge in [-0.1, -0.05) is 23.7 Å². The predicted molar refractivity (Wildman–Crippen MR) is 105 cm³/mol. The Bertz CT molecular complexity index is 533. The van der Waals surface area contributed by atoms with Gasteiger partial charge in [0.25, 0.3) is 0 Å². The third-order valence-electron chi connectivity index (χ3n) is 4.16. The molecule has 2 unspecified atom stereocenters. The van der Waals surface area contributed by atoms with Gasteiger partial charge in [0, 0.05) is 37.2 Å². The molecule has 1 aliphatic heterocycles. The Morgan fingerprint density at radius 1 is 1.38 bits per heavy atom. The number of guanidine groups is 1. The van der Waals surface area contributed by atoms with Crippen molar-refractivity contribution in [1.29, 1.82) is 0 Å². The van der Waals surface area contributed by atoms with E-state index in [2.05, 4.69) is 15.6 Å². The summed E-state index contributed by atoms with van der Waals surface area (Å²) in [6.07, 6.45) is 1.35. The van der Waals surface area contributed by atoms with Crippen molar-refractivity contribution in [3.8, 4) is 0 Å². The fourth-order valence-corrected chi connectivity index (χ4v) is 2.78. The summed E-state index contributed by atoms with van der Waals surface area (Å²) in [6.45, 7) is 7.02. The summed E-state index contributed by atoms with van der Waals surface area (Å²) < 4.78 is 11.0. The van der Waals surface area contributed by atoms with E-state index < -0.39 is 6.10 Å². The third-order valence-corrected chi connectivity index (χ3v) is 4.41. The molecular weight excluding hydrogens is 354 g/mol. The van der Waals surface area contributed by atoms with Gasteiger partial charge in [-0.05, 0) is 37.5 Å². The number of rotatable bonds is 10. The van der Waals surface area contributed by atoms with Gasteiger partial charge >= 0.3 is 0 Å². The van der Waals surface area contributed by atoms with Crippen molar-refractivity contribution in [3.63, 3.8) is 0 Å². The van der Waals surface area contributed by atoms with Crippen LogP contribution in [0.3, 0.4) is 0 Å². The van der Waals surface area contributed by atoms with Crippen molar-refractivity contribution in [2.75, 3.05) is 46.1 Å². The Morgan fingerprint density at radius 2 is 2.19 bits per heavy atom. The normalized spacial score (nSPS) is 18.7. The van der Waals surface area contributed by atoms with Crippen molar-refractivity contribution < 1.29 is 14.6 Å². The zero-order chi connectivity index (χ0) is 18.6. The number of hydrogen-bond acceptors (Lipinski definition) is 4. The second-order valence-electron chi connectivity index (χ2n) is 6.37. The summed E-state index contributed by atoms with van der Waals surface area (Å²) in [6, 6.07) is 7.17. The molecule has 0 saturated carbocycles. The van der Waals surface area contributed by atoms with Crippen molar-refractivity contribution in [2.45, 2.75) is 25.9 Å². The maximum atomic E-state index is 10.2. The molecule has 1 fully saturated rings. The average Bonchev–Trinajstić information content (AvgIpc) is 3.16. The van der Waals surface area contributed by atoms with Gasteiger partial charge in [0.1, 0.15) is 0 Å². The van der Waals surface area contributed by atoms with Crippen LogP contribution in [0.4, 0.5) is 0 Å². The molecule has 1 aromatic rings. The van der Waals surface area contributed by atoms with E-state index in [1.54, 1.807) is 12.1 Å². The van der Waals surface area contributed by atoms with Crippen LogP contribution in [-0.2, 0) is 9.47 Å². The van der Waals surface area contributed by atoms with E-state index in [1.807, 2.05) is 19.1 Å². The molecule has 2 rings (SSSR count). The van der Waals surface area contributed by atoms with Gasteiger partial charge in [-0.2, -0.15) is 0 Å². The summed E-state index contributed by atoms with van der Waals surface area (Å²) in [5, 5.41) is 17.3. The first-order valence-electron chi connectivity index (χ1n) is 9.30. The van der Waals surface area contributed by atoms with Gasteiger partial charge < -0.3 is 25.2 Å². The van der Waals surface area contributed by atoms with Gasteiger partial charge in [-0.25, -0.2) is 0 Å². The first kappa shape index (κ1) is 21.0. The quantitative estimate of drug-likeness (QED) is 0.328. The summed E-state index contributed by atoms with van der Waals surface area (Å²) in [5.74, 6) is 1.25. The van der Waals surface area contributed by atoms with Crippen LogP contribution in [-0.4, -0.2) is 57.1 Å². The van der Waals surface area contributed by atoms with Gasteiger partial charge in [-0.15, -0.1) is 0 Å². The van der Waals surface area contributed by atoms with Crippen LogP contribution in [0.25, 0.3) is 0 Å². The molecule has 0 radical (unpaired) electrons. The molecule has 0 spiro atoms. The highest BCUT2D eigenvalue weighted by atomic mass is 35.5. The van der Waals surface area contributed by atoms with Gasteiger partial charge in [-0.3, -0.25) is 4.99 Å². The lowest BCUT2D eigenvalue weighted by molar-refractivity contribution is 0.0888. The number of nitrogens with zero attached hydrogens (tertiary/aromatic N) is 1. The molecule has 0 aromatic heterocycles. The van der Waals surface area contributed by atoms with E-state index in [0.29, 0.717) is 16.9 Å². The lowest BCUT2D eigenvalue weighted by Crippen LogP contribution is -2.38. The number of benzene rings is 1. The lowest BCUT2D eigenvalue weighted by atomic mass is 10.1. The first-order valence-corrected chi connectivity index (χ1v) is 9.68. The molecule has 0 bridgehead atoms. The minimum atomic E-state index is -0.653. The molecule has 0 amide bonds. The van der Waals surface area contributed by atoms with Crippen molar-refractivity contribution in [2.24, 2.45) is 10.9 Å². The topological polar surface area (TPSA) is 75.1 Å². The van der Waals surface area contributed by atoms with Crippen LogP contribution in [0.2, 0.25) is 5.02 Å². The monoisotopic (exact) mass is 383 g/mol. The molecule has 1 aromatic carbocycles. The molecule has 1 saturated heterocycles. The van der Waals surface area contributed by atoms with Crippen molar-refractivity contribution >= 4 is 17.6 Å². The molecule has 1 aliphatic rings. The largest absolute Gasteiger partial charge is 0.386 e. The highest BCUT2D eigenvalue weighted by Gasteiger charge is 2.15. The van der Waals surface area contributed by atoms with Gasteiger partial charge in [0.15, 0.2) is 5.96 Å². The molecule has 6 nitrogen and oxygen atoms in total. The van der Waals surface area contributed by atoms with Crippen molar-refractivity contribution in [3.05, 3.63) is 34.9 Å². The smallest absolute Gasteiger partial charge is 0.191 e. The van der Waals surface area contributed by atoms with E-state index in [-0.39, 0.29) is 6.54 Å². The van der Waals surface area contributed by atoms with Crippen molar-refractivity contribution in [1.82, 2.24) is 10.6 Å². The molecule has 146 valence electrons. The van der Waals surface area contributed by atoms with E-state index in [1.165, 1.54) is 0 Å². The van der Waals surface area contributed by atoms with Crippen LogP contribution < -0.4 is 10.6 Å². The fourth-order valence-electron chi connectivity index (χ4n) is 2.66. The summed E-state index contributed by atoms with van der Waals surface area (Å²) in [7, 11) is 0. The van der Waals surface area contributed by atoms with Crippen LogP contribution in [0, 0.1) is 5.92 Å². The highest BCUT2D eigenvalue weighted by Crippen LogP contribution is 2.16. The number of aliphatic imine (C=N–C) groups is 1. The number of hydrogen-bond donors (Lipinski definition) is 3. The number of halogens is 1. The van der Waals surface area contributed by atoms with E-state index in [4.69, 9.17) is 21.1 Å². The summed E-state index contributed by atoms with van der Waals surface area (Å²) in [4.78, 5) is 4.45. The summed E-state index contributed by atoms with van der Waals surface area (Å²) >= 11 is 5.87. The molecule has 2 atom stereocenters. The molecular formula is C19H30ClN3O3. The Labute approximate surface area is 160 Å². The fraction of sp³-hybridized carbons (Fsp3) is 0.632. The SMILES string of the molecule is CCNC(=NCC(O)c1ccc(Cl)cc1)NCCCOCC1CCOC1. The zero-order valence-electron chi connectivity index (χ0n) is 15.4. The molecule has 3 N–H and O–H groups in total. The number of aliphatic hydroxyl groups is 1. The van der Waals surface area contributed by atoms with E-state index >= 15 is 0 Å². The average molecular weight is 384 g/mol. The van der Waals surface area contributed by atoms with Crippen LogP contribution in [0.15, 0.2) is 29.3 Å². The zero-order valence-corrected chi connectivity index (χ0v) is 16.2. The number of nitrogens with one attached hydrogen (secondary N) is 2. The van der Waals surface area contributed by atoms with Gasteiger partial charge in [0.2, 0.25) is 0 Å². The first-order chi connectivity index (χ1) is 12.7. The number of ether oxygens (including phenoxy) is 2. The minimum Gasteiger partial charge on any atom is -0.386 e. The maximum Gasteiger partial charge on any atom is 0.191 e.